The van der Waals surface area contributed by atoms with Gasteiger partial charge in [0.1, 0.15) is 0 Å². The number of methoxy groups -OCH3 is 1. The molecule has 1 N–H and O–H groups in total. The first-order valence-electron chi connectivity index (χ1n) is 5.86. The predicted octanol–water partition coefficient (Wildman–Crippen LogP) is 1.92. The van der Waals surface area contributed by atoms with E-state index in [4.69, 9.17) is 4.74 Å². The van der Waals surface area contributed by atoms with E-state index < -0.39 is 26.4 Å². The van der Waals surface area contributed by atoms with Crippen LogP contribution in [0, 0.1) is 5.82 Å². The van der Waals surface area contributed by atoms with E-state index in [0.29, 0.717) is 0 Å². The highest BCUT2D eigenvalue weighted by atomic mass is 32.2. The van der Waals surface area contributed by atoms with Gasteiger partial charge in [-0.1, -0.05) is 12.1 Å². The quantitative estimate of drug-likeness (QED) is 0.900. The second-order valence-electron chi connectivity index (χ2n) is 4.96. The SMILES string of the molecule is CNC(c1cccc(OC)c1F)C(C)(C)S(C)(=O)=O. The molecule has 1 aromatic rings. The van der Waals surface area contributed by atoms with Gasteiger partial charge in [-0.15, -0.1) is 0 Å². The summed E-state index contributed by atoms with van der Waals surface area (Å²) in [6.45, 7) is 3.14. The largest absolute Gasteiger partial charge is 0.494 e. The third-order valence-electron chi connectivity index (χ3n) is 3.46. The van der Waals surface area contributed by atoms with Crippen LogP contribution in [-0.2, 0) is 9.84 Å². The summed E-state index contributed by atoms with van der Waals surface area (Å²) in [6, 6.07) is 4.03. The molecule has 0 aliphatic rings. The van der Waals surface area contributed by atoms with Gasteiger partial charge in [-0.2, -0.15) is 0 Å². The number of hydrogen-bond acceptors (Lipinski definition) is 4. The highest BCUT2D eigenvalue weighted by Crippen LogP contribution is 2.35. The van der Waals surface area contributed by atoms with Gasteiger partial charge in [0.05, 0.1) is 17.9 Å². The molecule has 1 atom stereocenters. The Morgan fingerprint density at radius 2 is 1.95 bits per heavy atom. The van der Waals surface area contributed by atoms with Gasteiger partial charge in [-0.05, 0) is 27.0 Å². The Labute approximate surface area is 113 Å². The van der Waals surface area contributed by atoms with E-state index in [9.17, 15) is 12.8 Å². The monoisotopic (exact) mass is 289 g/mol. The Morgan fingerprint density at radius 3 is 2.37 bits per heavy atom. The summed E-state index contributed by atoms with van der Waals surface area (Å²) in [5.41, 5.74) is 0.275. The Balaban J connectivity index is 3.41. The topological polar surface area (TPSA) is 55.4 Å². The van der Waals surface area contributed by atoms with Crippen molar-refractivity contribution in [3.63, 3.8) is 0 Å². The van der Waals surface area contributed by atoms with Crippen LogP contribution in [0.1, 0.15) is 25.5 Å². The lowest BCUT2D eigenvalue weighted by atomic mass is 9.94. The van der Waals surface area contributed by atoms with Crippen LogP contribution in [0.15, 0.2) is 18.2 Å². The highest BCUT2D eigenvalue weighted by Gasteiger charge is 2.40. The van der Waals surface area contributed by atoms with Crippen LogP contribution < -0.4 is 10.1 Å². The summed E-state index contributed by atoms with van der Waals surface area (Å²) in [7, 11) is -0.387. The van der Waals surface area contributed by atoms with Crippen LogP contribution in [0.2, 0.25) is 0 Å². The first kappa shape index (κ1) is 15.9. The van der Waals surface area contributed by atoms with Crippen molar-refractivity contribution in [2.24, 2.45) is 0 Å². The normalized spacial score (nSPS) is 14.2. The Hall–Kier alpha value is -1.14. The summed E-state index contributed by atoms with van der Waals surface area (Å²) in [4.78, 5) is 0. The van der Waals surface area contributed by atoms with E-state index in [1.165, 1.54) is 13.2 Å². The maximum Gasteiger partial charge on any atom is 0.169 e. The Morgan fingerprint density at radius 1 is 1.37 bits per heavy atom. The minimum absolute atomic E-state index is 0.0991. The van der Waals surface area contributed by atoms with Crippen LogP contribution in [-0.4, -0.2) is 33.6 Å². The lowest BCUT2D eigenvalue weighted by Gasteiger charge is -2.33. The standard InChI is InChI=1S/C13H20FNO3S/c1-13(2,19(5,16)17)12(15-3)9-7-6-8-10(18-4)11(9)14/h6-8,12,15H,1-5H3. The van der Waals surface area contributed by atoms with Gasteiger partial charge in [0.2, 0.25) is 0 Å². The van der Waals surface area contributed by atoms with Crippen molar-refractivity contribution in [1.29, 1.82) is 0 Å². The Bertz CT molecular complexity index is 555. The van der Waals surface area contributed by atoms with E-state index in [-0.39, 0.29) is 11.3 Å². The van der Waals surface area contributed by atoms with E-state index in [2.05, 4.69) is 5.32 Å². The Kier molecular flexibility index (Phi) is 4.58. The number of hydrogen-bond donors (Lipinski definition) is 1. The molecule has 0 amide bonds. The molecule has 0 spiro atoms. The molecule has 1 aromatic carbocycles. The van der Waals surface area contributed by atoms with E-state index in [0.717, 1.165) is 6.26 Å². The number of sulfone groups is 1. The predicted molar refractivity (Wildman–Crippen MR) is 73.7 cm³/mol. The van der Waals surface area contributed by atoms with Gasteiger partial charge in [0.15, 0.2) is 21.4 Å². The molecule has 0 aliphatic carbocycles. The van der Waals surface area contributed by atoms with Crippen LogP contribution in [0.25, 0.3) is 0 Å². The average Bonchev–Trinajstić information content (AvgIpc) is 2.30. The number of rotatable bonds is 5. The first-order valence-corrected chi connectivity index (χ1v) is 7.75. The third-order valence-corrected chi connectivity index (χ3v) is 5.61. The number of ether oxygens (including phenoxy) is 1. The third kappa shape index (κ3) is 2.90. The second kappa shape index (κ2) is 5.46. The zero-order chi connectivity index (χ0) is 14.8. The summed E-state index contributed by atoms with van der Waals surface area (Å²) in [6.07, 6.45) is 1.15. The molecule has 0 heterocycles. The molecule has 0 saturated carbocycles. The van der Waals surface area contributed by atoms with Crippen molar-refractivity contribution >= 4 is 9.84 Å². The van der Waals surface area contributed by atoms with Gasteiger partial charge in [-0.25, -0.2) is 12.8 Å². The van der Waals surface area contributed by atoms with Crippen LogP contribution in [0.4, 0.5) is 4.39 Å². The lowest BCUT2D eigenvalue weighted by molar-refractivity contribution is 0.373. The summed E-state index contributed by atoms with van der Waals surface area (Å²) in [5, 5.41) is 2.88. The molecule has 1 unspecified atom stereocenters. The first-order chi connectivity index (χ1) is 8.66. The molecule has 0 aromatic heterocycles. The molecule has 0 aliphatic heterocycles. The van der Waals surface area contributed by atoms with E-state index >= 15 is 0 Å². The van der Waals surface area contributed by atoms with Crippen molar-refractivity contribution in [2.75, 3.05) is 20.4 Å². The average molecular weight is 289 g/mol. The van der Waals surface area contributed by atoms with Crippen molar-refractivity contribution < 1.29 is 17.5 Å². The minimum atomic E-state index is -3.37. The van der Waals surface area contributed by atoms with Crippen LogP contribution in [0.5, 0.6) is 5.75 Å². The fourth-order valence-corrected chi connectivity index (χ4v) is 2.67. The molecular weight excluding hydrogens is 269 g/mol. The van der Waals surface area contributed by atoms with Crippen molar-refractivity contribution in [1.82, 2.24) is 5.32 Å². The van der Waals surface area contributed by atoms with Gasteiger partial charge in [0, 0.05) is 11.8 Å². The molecule has 1 rings (SSSR count). The molecule has 0 fully saturated rings. The van der Waals surface area contributed by atoms with Crippen molar-refractivity contribution in [3.8, 4) is 5.75 Å². The van der Waals surface area contributed by atoms with Gasteiger partial charge < -0.3 is 10.1 Å². The van der Waals surface area contributed by atoms with Gasteiger partial charge >= 0.3 is 0 Å². The van der Waals surface area contributed by atoms with Crippen LogP contribution >= 0.6 is 0 Å². The smallest absolute Gasteiger partial charge is 0.169 e. The fourth-order valence-electron chi connectivity index (χ4n) is 2.00. The summed E-state index contributed by atoms with van der Waals surface area (Å²) >= 11 is 0. The highest BCUT2D eigenvalue weighted by molar-refractivity contribution is 7.92. The van der Waals surface area contributed by atoms with E-state index in [1.807, 2.05) is 0 Å². The van der Waals surface area contributed by atoms with Crippen molar-refractivity contribution in [2.45, 2.75) is 24.6 Å². The molecule has 0 bridgehead atoms. The van der Waals surface area contributed by atoms with Crippen molar-refractivity contribution in [3.05, 3.63) is 29.6 Å². The second-order valence-corrected chi connectivity index (χ2v) is 7.56. The maximum atomic E-state index is 14.3. The molecule has 6 heteroatoms. The molecular formula is C13H20FNO3S. The molecule has 0 saturated heterocycles. The summed E-state index contributed by atoms with van der Waals surface area (Å²) < 4.78 is 41.8. The van der Waals surface area contributed by atoms with Crippen LogP contribution in [0.3, 0.4) is 0 Å². The summed E-state index contributed by atoms with van der Waals surface area (Å²) in [5.74, 6) is -0.442. The van der Waals surface area contributed by atoms with Gasteiger partial charge in [-0.3, -0.25) is 0 Å². The zero-order valence-electron chi connectivity index (χ0n) is 11.8. The van der Waals surface area contributed by atoms with E-state index in [1.54, 1.807) is 33.0 Å². The minimum Gasteiger partial charge on any atom is -0.494 e. The van der Waals surface area contributed by atoms with Gasteiger partial charge in [0.25, 0.3) is 0 Å². The zero-order valence-corrected chi connectivity index (χ0v) is 12.6. The number of benzene rings is 1. The molecule has 19 heavy (non-hydrogen) atoms. The number of halogens is 1. The number of nitrogens with one attached hydrogen (secondary N) is 1. The maximum absolute atomic E-state index is 14.3. The molecule has 108 valence electrons. The lowest BCUT2D eigenvalue weighted by Crippen LogP contribution is -2.44. The fraction of sp³-hybridized carbons (Fsp3) is 0.538. The molecule has 0 radical (unpaired) electrons. The molecule has 4 nitrogen and oxygen atoms in total.